The van der Waals surface area contributed by atoms with Crippen LogP contribution in [0.1, 0.15) is 23.1 Å². The molecule has 170 valence electrons. The van der Waals surface area contributed by atoms with Crippen molar-refractivity contribution in [3.05, 3.63) is 65.2 Å². The Morgan fingerprint density at radius 2 is 1.71 bits per heavy atom. The molecule has 1 aliphatic carbocycles. The van der Waals surface area contributed by atoms with Gasteiger partial charge in [-0.05, 0) is 42.0 Å². The summed E-state index contributed by atoms with van der Waals surface area (Å²) in [5.74, 6) is 0. The maximum Gasteiger partial charge on any atom is 0.411 e. The average molecular weight is 489 g/mol. The molecule has 3 rings (SSSR count). The number of benzene rings is 2. The van der Waals surface area contributed by atoms with E-state index in [-0.39, 0.29) is 12.6 Å². The molecule has 31 heavy (non-hydrogen) atoms. The van der Waals surface area contributed by atoms with Crippen molar-refractivity contribution >= 4 is 41.5 Å². The SMILES string of the molecule is CS(=O)(=O)Cl.CS(=O)(=O)NC1CCc2cccc(NC(=O)OCc3ccccc3)c2C1. The van der Waals surface area contributed by atoms with Crippen molar-refractivity contribution in [1.29, 1.82) is 0 Å². The Labute approximate surface area is 187 Å². The van der Waals surface area contributed by atoms with Gasteiger partial charge in [0.05, 0.1) is 12.5 Å². The van der Waals surface area contributed by atoms with Gasteiger partial charge in [-0.25, -0.2) is 26.4 Å². The zero-order chi connectivity index (χ0) is 23.1. The average Bonchev–Trinajstić information content (AvgIpc) is 2.65. The highest BCUT2D eigenvalue weighted by Gasteiger charge is 2.23. The minimum Gasteiger partial charge on any atom is -0.444 e. The monoisotopic (exact) mass is 488 g/mol. The van der Waals surface area contributed by atoms with Crippen LogP contribution < -0.4 is 10.0 Å². The van der Waals surface area contributed by atoms with E-state index in [1.165, 1.54) is 0 Å². The van der Waals surface area contributed by atoms with Crippen LogP contribution in [0, 0.1) is 0 Å². The number of rotatable bonds is 5. The second-order valence-corrected chi connectivity index (χ2v) is 12.0. The number of anilines is 1. The molecule has 0 saturated heterocycles. The number of fused-ring (bicyclic) bond motifs is 1. The zero-order valence-corrected chi connectivity index (χ0v) is 19.6. The number of carbonyl (C=O) groups excluding carboxylic acids is 1. The molecular formula is C20H25ClN2O6S2. The summed E-state index contributed by atoms with van der Waals surface area (Å²) in [7, 11) is -1.96. The smallest absolute Gasteiger partial charge is 0.411 e. The van der Waals surface area contributed by atoms with Gasteiger partial charge in [0, 0.05) is 22.4 Å². The van der Waals surface area contributed by atoms with Crippen LogP contribution in [0.5, 0.6) is 0 Å². The van der Waals surface area contributed by atoms with Crippen molar-refractivity contribution in [3.63, 3.8) is 0 Å². The first-order valence-electron chi connectivity index (χ1n) is 9.36. The third-order valence-electron chi connectivity index (χ3n) is 4.32. The minimum atomic E-state index is -3.26. The minimum absolute atomic E-state index is 0.166. The molecule has 2 N–H and O–H groups in total. The molecule has 0 bridgehead atoms. The Morgan fingerprint density at radius 3 is 2.32 bits per heavy atom. The van der Waals surface area contributed by atoms with E-state index in [4.69, 9.17) is 4.74 Å². The van der Waals surface area contributed by atoms with Crippen LogP contribution in [0.2, 0.25) is 0 Å². The van der Waals surface area contributed by atoms with Crippen LogP contribution in [-0.2, 0) is 43.3 Å². The van der Waals surface area contributed by atoms with E-state index in [9.17, 15) is 21.6 Å². The summed E-state index contributed by atoms with van der Waals surface area (Å²) in [6.45, 7) is 0.194. The van der Waals surface area contributed by atoms with Crippen molar-refractivity contribution in [2.75, 3.05) is 17.8 Å². The normalized spacial score (nSPS) is 15.8. The maximum absolute atomic E-state index is 12.1. The Hall–Kier alpha value is -2.14. The molecule has 0 fully saturated rings. The van der Waals surface area contributed by atoms with Crippen LogP contribution in [-0.4, -0.2) is 41.5 Å². The van der Waals surface area contributed by atoms with Crippen molar-refractivity contribution in [3.8, 4) is 0 Å². The quantitative estimate of drug-likeness (QED) is 0.624. The number of ether oxygens (including phenoxy) is 1. The Morgan fingerprint density at radius 1 is 1.06 bits per heavy atom. The van der Waals surface area contributed by atoms with Gasteiger partial charge >= 0.3 is 6.09 Å². The van der Waals surface area contributed by atoms with Crippen LogP contribution in [0.25, 0.3) is 0 Å². The summed E-state index contributed by atoms with van der Waals surface area (Å²) in [6, 6.07) is 15.0. The Balaban J connectivity index is 0.000000614. The molecule has 1 amide bonds. The molecule has 2 aromatic rings. The van der Waals surface area contributed by atoms with Gasteiger partial charge in [-0.3, -0.25) is 5.32 Å². The summed E-state index contributed by atoms with van der Waals surface area (Å²) in [5, 5.41) is 2.79. The van der Waals surface area contributed by atoms with Gasteiger partial charge in [0.1, 0.15) is 6.61 Å². The molecule has 0 aliphatic heterocycles. The molecule has 1 aliphatic rings. The lowest BCUT2D eigenvalue weighted by Crippen LogP contribution is -2.38. The third kappa shape index (κ3) is 10.1. The van der Waals surface area contributed by atoms with Crippen molar-refractivity contribution < 1.29 is 26.4 Å². The summed E-state index contributed by atoms with van der Waals surface area (Å²) < 4.78 is 49.7. The Bertz CT molecular complexity index is 1100. The second-order valence-electron chi connectivity index (χ2n) is 7.14. The fraction of sp³-hybridized carbons (Fsp3) is 0.350. The topological polar surface area (TPSA) is 119 Å². The number of sulfonamides is 1. The van der Waals surface area contributed by atoms with E-state index in [1.807, 2.05) is 48.5 Å². The fourth-order valence-electron chi connectivity index (χ4n) is 3.18. The number of hydrogen-bond acceptors (Lipinski definition) is 6. The molecule has 0 aromatic heterocycles. The molecule has 2 aromatic carbocycles. The maximum atomic E-state index is 12.1. The van der Waals surface area contributed by atoms with E-state index >= 15 is 0 Å². The number of aryl methyl sites for hydroxylation is 1. The summed E-state index contributed by atoms with van der Waals surface area (Å²) in [6.07, 6.45) is 3.60. The first-order chi connectivity index (χ1) is 14.4. The highest BCUT2D eigenvalue weighted by atomic mass is 35.7. The molecule has 0 saturated carbocycles. The third-order valence-corrected chi connectivity index (χ3v) is 5.08. The van der Waals surface area contributed by atoms with Gasteiger partial charge in [-0.2, -0.15) is 0 Å². The van der Waals surface area contributed by atoms with Crippen LogP contribution in [0.3, 0.4) is 0 Å². The molecule has 8 nitrogen and oxygen atoms in total. The van der Waals surface area contributed by atoms with E-state index in [0.29, 0.717) is 12.1 Å². The lowest BCUT2D eigenvalue weighted by Gasteiger charge is -2.26. The van der Waals surface area contributed by atoms with Gasteiger partial charge in [0.2, 0.25) is 19.1 Å². The molecule has 0 radical (unpaired) electrons. The van der Waals surface area contributed by atoms with Crippen molar-refractivity contribution in [2.24, 2.45) is 0 Å². The number of nitrogens with one attached hydrogen (secondary N) is 2. The molecule has 11 heteroatoms. The lowest BCUT2D eigenvalue weighted by molar-refractivity contribution is 0.155. The van der Waals surface area contributed by atoms with E-state index in [0.717, 1.165) is 42.0 Å². The highest BCUT2D eigenvalue weighted by molar-refractivity contribution is 8.13. The lowest BCUT2D eigenvalue weighted by atomic mass is 9.87. The van der Waals surface area contributed by atoms with Crippen molar-refractivity contribution in [2.45, 2.75) is 31.9 Å². The summed E-state index contributed by atoms with van der Waals surface area (Å²) in [4.78, 5) is 12.1. The molecule has 1 unspecified atom stereocenters. The molecule has 0 heterocycles. The number of amides is 1. The predicted octanol–water partition coefficient (Wildman–Crippen LogP) is 3.03. The van der Waals surface area contributed by atoms with E-state index in [1.54, 1.807) is 0 Å². The van der Waals surface area contributed by atoms with Gasteiger partial charge in [-0.1, -0.05) is 42.5 Å². The van der Waals surface area contributed by atoms with Crippen LogP contribution in [0.4, 0.5) is 10.5 Å². The van der Waals surface area contributed by atoms with E-state index < -0.39 is 25.2 Å². The summed E-state index contributed by atoms with van der Waals surface area (Å²) in [5.41, 5.74) is 3.66. The predicted molar refractivity (Wildman–Crippen MR) is 121 cm³/mol. The number of halogens is 1. The first-order valence-corrected chi connectivity index (χ1v) is 14.0. The van der Waals surface area contributed by atoms with Crippen LogP contribution in [0.15, 0.2) is 48.5 Å². The second kappa shape index (κ2) is 10.9. The van der Waals surface area contributed by atoms with Gasteiger partial charge in [-0.15, -0.1) is 0 Å². The highest BCUT2D eigenvalue weighted by Crippen LogP contribution is 2.28. The summed E-state index contributed by atoms with van der Waals surface area (Å²) >= 11 is 0. The Kier molecular flexibility index (Phi) is 8.87. The largest absolute Gasteiger partial charge is 0.444 e. The zero-order valence-electron chi connectivity index (χ0n) is 17.2. The number of carbonyl (C=O) groups is 1. The number of hydrogen-bond donors (Lipinski definition) is 2. The molecular weight excluding hydrogens is 464 g/mol. The van der Waals surface area contributed by atoms with Crippen molar-refractivity contribution in [1.82, 2.24) is 4.72 Å². The standard InChI is InChI=1S/C19H22N2O4S.CH3ClO2S/c1-26(23,24)21-16-11-10-15-8-5-9-18(17(15)12-16)20-19(22)25-13-14-6-3-2-4-7-14;1-5(2,3)4/h2-9,16,21H,10-13H2,1H3,(H,20,22);1H3. The molecule has 0 spiro atoms. The van der Waals surface area contributed by atoms with Gasteiger partial charge in [0.15, 0.2) is 0 Å². The van der Waals surface area contributed by atoms with E-state index in [2.05, 4.69) is 20.7 Å². The van der Waals surface area contributed by atoms with Gasteiger partial charge < -0.3 is 4.74 Å². The van der Waals surface area contributed by atoms with Gasteiger partial charge in [0.25, 0.3) is 0 Å². The first kappa shape index (κ1) is 25.1. The fourth-order valence-corrected chi connectivity index (χ4v) is 3.98. The van der Waals surface area contributed by atoms with Crippen LogP contribution >= 0.6 is 10.7 Å². The molecule has 1 atom stereocenters.